The summed E-state index contributed by atoms with van der Waals surface area (Å²) < 4.78 is 20.0. The summed E-state index contributed by atoms with van der Waals surface area (Å²) in [5.74, 6) is 0. The van der Waals surface area contributed by atoms with Crippen molar-refractivity contribution in [3.05, 3.63) is 0 Å². The van der Waals surface area contributed by atoms with Crippen LogP contribution in [0.4, 0.5) is 0 Å². The molecule has 0 heterocycles. The summed E-state index contributed by atoms with van der Waals surface area (Å²) in [5, 5.41) is 0. The van der Waals surface area contributed by atoms with Gasteiger partial charge >= 0.3 is 7.82 Å². The molecule has 12 heavy (non-hydrogen) atoms. The molecule has 0 aliphatic heterocycles. The third-order valence-electron chi connectivity index (χ3n) is 0.798. The fourth-order valence-electron chi connectivity index (χ4n) is 0.527. The van der Waals surface area contributed by atoms with E-state index in [1.54, 1.807) is 21.1 Å². The highest BCUT2D eigenvalue weighted by atomic mass is 31.2. The van der Waals surface area contributed by atoms with Crippen LogP contribution in [-0.2, 0) is 13.7 Å². The summed E-state index contributed by atoms with van der Waals surface area (Å²) in [6.07, 6.45) is 0.646. The van der Waals surface area contributed by atoms with E-state index in [1.165, 1.54) is 0 Å². The van der Waals surface area contributed by atoms with Crippen LogP contribution in [-0.4, -0.2) is 32.4 Å². The van der Waals surface area contributed by atoms with Crippen molar-refractivity contribution in [1.29, 1.82) is 0 Å². The van der Waals surface area contributed by atoms with Crippen LogP contribution in [0, 0.1) is 0 Å². The van der Waals surface area contributed by atoms with Crippen LogP contribution >= 0.6 is 7.82 Å². The van der Waals surface area contributed by atoms with E-state index in [9.17, 15) is 9.46 Å². The van der Waals surface area contributed by atoms with Gasteiger partial charge in [0.2, 0.25) is 0 Å². The Kier molecular flexibility index (Phi) is 4.37. The molecule has 1 unspecified atom stereocenters. The summed E-state index contributed by atoms with van der Waals surface area (Å²) in [4.78, 5) is 11.0. The van der Waals surface area contributed by atoms with Crippen molar-refractivity contribution in [3.63, 3.8) is 0 Å². The summed E-state index contributed by atoms with van der Waals surface area (Å²) in [6.45, 7) is 1.99. The molecule has 5 nitrogen and oxygen atoms in total. The molecule has 0 saturated heterocycles. The highest BCUT2D eigenvalue weighted by molar-refractivity contribution is 7.45. The molecule has 0 aliphatic carbocycles. The predicted molar refractivity (Wildman–Crippen MR) is 43.0 cm³/mol. The normalized spacial score (nSPS) is 17.4. The standard InChI is InChI=1S/C6H16NO4P/c1-5-6-10-12(8,9)11-7(2,3)4/h5-6H2,1-4H3. The van der Waals surface area contributed by atoms with Gasteiger partial charge in [-0.05, 0) is 6.42 Å². The van der Waals surface area contributed by atoms with Crippen molar-refractivity contribution in [3.8, 4) is 0 Å². The van der Waals surface area contributed by atoms with Crippen LogP contribution < -0.4 is 4.89 Å². The third kappa shape index (κ3) is 6.76. The van der Waals surface area contributed by atoms with Crippen LogP contribution in [0.25, 0.3) is 0 Å². The van der Waals surface area contributed by atoms with E-state index >= 15 is 0 Å². The first-order chi connectivity index (χ1) is 5.27. The smallest absolute Gasteiger partial charge is 0.325 e. The summed E-state index contributed by atoms with van der Waals surface area (Å²) in [5.41, 5.74) is 0. The Labute approximate surface area is 73.1 Å². The van der Waals surface area contributed by atoms with E-state index in [0.29, 0.717) is 6.42 Å². The monoisotopic (exact) mass is 197 g/mol. The number of hydrogen-bond donors (Lipinski definition) is 0. The minimum atomic E-state index is -4.11. The highest BCUT2D eigenvalue weighted by Gasteiger charge is 2.20. The lowest BCUT2D eigenvalue weighted by molar-refractivity contribution is -1.04. The van der Waals surface area contributed by atoms with Gasteiger partial charge in [0.25, 0.3) is 0 Å². The van der Waals surface area contributed by atoms with E-state index in [-0.39, 0.29) is 11.3 Å². The van der Waals surface area contributed by atoms with Crippen molar-refractivity contribution in [2.45, 2.75) is 13.3 Å². The second-order valence-corrected chi connectivity index (χ2v) is 4.57. The SMILES string of the molecule is CCCOP(=O)([O-])O[N+](C)(C)C. The van der Waals surface area contributed by atoms with Gasteiger partial charge in [0.05, 0.1) is 27.7 Å². The highest BCUT2D eigenvalue weighted by Crippen LogP contribution is 2.40. The summed E-state index contributed by atoms with van der Waals surface area (Å²) in [6, 6.07) is 0. The first kappa shape index (κ1) is 12.1. The van der Waals surface area contributed by atoms with Gasteiger partial charge in [-0.2, -0.15) is 4.65 Å². The minimum Gasteiger partial charge on any atom is -0.752 e. The number of quaternary nitrogens is 1. The molecule has 0 radical (unpaired) electrons. The Morgan fingerprint density at radius 2 is 1.92 bits per heavy atom. The maximum Gasteiger partial charge on any atom is 0.325 e. The van der Waals surface area contributed by atoms with E-state index in [1.807, 2.05) is 6.92 Å². The van der Waals surface area contributed by atoms with Crippen molar-refractivity contribution >= 4 is 7.82 Å². The molecule has 0 aromatic carbocycles. The fourth-order valence-corrected chi connectivity index (χ4v) is 1.58. The molecule has 0 aromatic rings. The molecule has 0 spiro atoms. The molecule has 0 N–H and O–H groups in total. The van der Waals surface area contributed by atoms with Crippen LogP contribution in [0.1, 0.15) is 13.3 Å². The van der Waals surface area contributed by atoms with Crippen molar-refractivity contribution in [2.75, 3.05) is 27.7 Å². The van der Waals surface area contributed by atoms with Gasteiger partial charge in [0.1, 0.15) is 0 Å². The maximum atomic E-state index is 11.0. The van der Waals surface area contributed by atoms with E-state index < -0.39 is 7.82 Å². The second-order valence-electron chi connectivity index (χ2n) is 3.25. The zero-order chi connectivity index (χ0) is 9.83. The van der Waals surface area contributed by atoms with Crippen LogP contribution in [0.2, 0.25) is 0 Å². The minimum absolute atomic E-state index is 0.121. The van der Waals surface area contributed by atoms with Crippen molar-refractivity contribution < 1.29 is 23.3 Å². The number of hydroxylamine groups is 3. The summed E-state index contributed by atoms with van der Waals surface area (Å²) >= 11 is 0. The third-order valence-corrected chi connectivity index (χ3v) is 1.99. The molecule has 0 fully saturated rings. The van der Waals surface area contributed by atoms with Gasteiger partial charge in [0, 0.05) is 0 Å². The fraction of sp³-hybridized carbons (Fsp3) is 1.00. The van der Waals surface area contributed by atoms with Gasteiger partial charge in [-0.25, -0.2) is 0 Å². The van der Waals surface area contributed by atoms with Crippen molar-refractivity contribution in [1.82, 2.24) is 0 Å². The molecule has 0 amide bonds. The van der Waals surface area contributed by atoms with Gasteiger partial charge in [-0.15, -0.1) is 4.62 Å². The molecule has 6 heteroatoms. The largest absolute Gasteiger partial charge is 0.752 e. The number of nitrogens with zero attached hydrogens (tertiary/aromatic N) is 1. The molecule has 0 bridgehead atoms. The lowest BCUT2D eigenvalue weighted by Crippen LogP contribution is -2.35. The van der Waals surface area contributed by atoms with Crippen LogP contribution in [0.15, 0.2) is 0 Å². The Balaban J connectivity index is 3.96. The van der Waals surface area contributed by atoms with E-state index in [2.05, 4.69) is 9.15 Å². The number of hydrogen-bond acceptors (Lipinski definition) is 4. The van der Waals surface area contributed by atoms with E-state index in [0.717, 1.165) is 0 Å². The number of phosphoric acid groups is 1. The van der Waals surface area contributed by atoms with Crippen LogP contribution in [0.5, 0.6) is 0 Å². The molecule has 0 saturated carbocycles. The van der Waals surface area contributed by atoms with E-state index in [4.69, 9.17) is 0 Å². The molecular weight excluding hydrogens is 181 g/mol. The van der Waals surface area contributed by atoms with Gasteiger partial charge in [-0.1, -0.05) is 6.92 Å². The lowest BCUT2D eigenvalue weighted by Gasteiger charge is -2.29. The molecule has 0 rings (SSSR count). The Bertz CT molecular complexity index is 177. The molecule has 0 aromatic heterocycles. The predicted octanol–water partition coefficient (Wildman–Crippen LogP) is 0.519. The van der Waals surface area contributed by atoms with Gasteiger partial charge < -0.3 is 9.42 Å². The second kappa shape index (κ2) is 4.35. The molecule has 74 valence electrons. The van der Waals surface area contributed by atoms with Gasteiger partial charge in [0.15, 0.2) is 0 Å². The average Bonchev–Trinajstić information content (AvgIpc) is 1.78. The Morgan fingerprint density at radius 3 is 2.25 bits per heavy atom. The first-order valence-corrected chi connectivity index (χ1v) is 5.21. The Morgan fingerprint density at radius 1 is 1.42 bits per heavy atom. The topological polar surface area (TPSA) is 58.6 Å². The quantitative estimate of drug-likeness (QED) is 0.366. The Hall–Kier alpha value is 0.0700. The number of phosphoric ester groups is 1. The first-order valence-electron chi connectivity index (χ1n) is 3.75. The molecule has 1 atom stereocenters. The zero-order valence-electron chi connectivity index (χ0n) is 7.94. The zero-order valence-corrected chi connectivity index (χ0v) is 8.84. The lowest BCUT2D eigenvalue weighted by atomic mass is 10.5. The average molecular weight is 197 g/mol. The summed E-state index contributed by atoms with van der Waals surface area (Å²) in [7, 11) is 0.683. The molecule has 0 aliphatic rings. The van der Waals surface area contributed by atoms with Crippen molar-refractivity contribution in [2.24, 2.45) is 0 Å². The molecular formula is C6H16NO4P. The van der Waals surface area contributed by atoms with Crippen LogP contribution in [0.3, 0.4) is 0 Å². The number of rotatable bonds is 5. The maximum absolute atomic E-state index is 11.0. The van der Waals surface area contributed by atoms with Gasteiger partial charge in [-0.3, -0.25) is 4.57 Å².